The summed E-state index contributed by atoms with van der Waals surface area (Å²) >= 11 is 3.13. The number of anilines is 1. The van der Waals surface area contributed by atoms with Crippen LogP contribution in [0.25, 0.3) is 0 Å². The van der Waals surface area contributed by atoms with Gasteiger partial charge in [-0.2, -0.15) is 0 Å². The summed E-state index contributed by atoms with van der Waals surface area (Å²) in [7, 11) is 0. The van der Waals surface area contributed by atoms with E-state index in [0.717, 1.165) is 13.1 Å². The van der Waals surface area contributed by atoms with E-state index in [0.29, 0.717) is 10.4 Å². The topological polar surface area (TPSA) is 49.0 Å². The van der Waals surface area contributed by atoms with Gasteiger partial charge in [-0.3, -0.25) is 9.78 Å². The van der Waals surface area contributed by atoms with Gasteiger partial charge in [-0.05, 0) is 35.2 Å². The average Bonchev–Trinajstić information content (AvgIpc) is 2.23. The first-order valence-electron chi connectivity index (χ1n) is 4.77. The number of hydrogen-bond acceptors (Lipinski definition) is 3. The van der Waals surface area contributed by atoms with Crippen LogP contribution in [0.3, 0.4) is 0 Å². The lowest BCUT2D eigenvalue weighted by Crippen LogP contribution is -2.32. The average molecular weight is 258 g/mol. The molecule has 2 heterocycles. The van der Waals surface area contributed by atoms with Crippen LogP contribution in [0.2, 0.25) is 0 Å². The molecule has 1 aliphatic rings. The standard InChI is InChI=1S/C9H12BrN3O/c10-7-6-11-9(12-8(7)14)13-4-2-1-3-5-13/h6H,1-5H2,(H,11,12,14). The third-order valence-electron chi connectivity index (χ3n) is 2.40. The van der Waals surface area contributed by atoms with Crippen molar-refractivity contribution in [2.75, 3.05) is 18.0 Å². The van der Waals surface area contributed by atoms with Gasteiger partial charge in [0.1, 0.15) is 4.47 Å². The second kappa shape index (κ2) is 4.13. The molecule has 0 spiro atoms. The molecule has 76 valence electrons. The summed E-state index contributed by atoms with van der Waals surface area (Å²) in [6, 6.07) is 0. The summed E-state index contributed by atoms with van der Waals surface area (Å²) in [6.07, 6.45) is 5.19. The summed E-state index contributed by atoms with van der Waals surface area (Å²) in [5.74, 6) is 0.692. The number of aromatic amines is 1. The Morgan fingerprint density at radius 3 is 2.71 bits per heavy atom. The van der Waals surface area contributed by atoms with Gasteiger partial charge in [0, 0.05) is 13.1 Å². The van der Waals surface area contributed by atoms with Crippen LogP contribution in [-0.2, 0) is 0 Å². The summed E-state index contributed by atoms with van der Waals surface area (Å²) in [4.78, 5) is 20.4. The zero-order chi connectivity index (χ0) is 9.97. The van der Waals surface area contributed by atoms with Crippen molar-refractivity contribution in [1.29, 1.82) is 0 Å². The Labute approximate surface area is 90.5 Å². The van der Waals surface area contributed by atoms with Gasteiger partial charge in [-0.15, -0.1) is 0 Å². The van der Waals surface area contributed by atoms with E-state index in [1.165, 1.54) is 19.3 Å². The van der Waals surface area contributed by atoms with Crippen LogP contribution in [0, 0.1) is 0 Å². The first kappa shape index (κ1) is 9.71. The Morgan fingerprint density at radius 2 is 2.07 bits per heavy atom. The van der Waals surface area contributed by atoms with Crippen molar-refractivity contribution in [2.24, 2.45) is 0 Å². The van der Waals surface area contributed by atoms with Crippen LogP contribution in [0.5, 0.6) is 0 Å². The predicted octanol–water partition coefficient (Wildman–Crippen LogP) is 1.52. The molecule has 1 saturated heterocycles. The van der Waals surface area contributed by atoms with E-state index in [1.54, 1.807) is 6.20 Å². The van der Waals surface area contributed by atoms with E-state index in [9.17, 15) is 4.79 Å². The Balaban J connectivity index is 2.23. The quantitative estimate of drug-likeness (QED) is 0.830. The highest BCUT2D eigenvalue weighted by Gasteiger charge is 2.12. The van der Waals surface area contributed by atoms with Crippen molar-refractivity contribution >= 4 is 21.9 Å². The van der Waals surface area contributed by atoms with Crippen molar-refractivity contribution in [3.8, 4) is 0 Å². The summed E-state index contributed by atoms with van der Waals surface area (Å²) in [5.41, 5.74) is -0.111. The molecule has 2 rings (SSSR count). The first-order valence-corrected chi connectivity index (χ1v) is 5.56. The second-order valence-electron chi connectivity index (χ2n) is 3.43. The largest absolute Gasteiger partial charge is 0.342 e. The Kier molecular flexibility index (Phi) is 2.86. The number of nitrogens with one attached hydrogen (secondary N) is 1. The van der Waals surface area contributed by atoms with E-state index in [4.69, 9.17) is 0 Å². The van der Waals surface area contributed by atoms with Gasteiger partial charge in [-0.1, -0.05) is 0 Å². The Bertz CT molecular complexity index is 371. The monoisotopic (exact) mass is 257 g/mol. The molecule has 0 atom stereocenters. The molecule has 0 saturated carbocycles. The zero-order valence-electron chi connectivity index (χ0n) is 7.79. The third kappa shape index (κ3) is 1.97. The van der Waals surface area contributed by atoms with Crippen LogP contribution in [0.1, 0.15) is 19.3 Å². The minimum absolute atomic E-state index is 0.111. The number of rotatable bonds is 1. The summed E-state index contributed by atoms with van der Waals surface area (Å²) in [5, 5.41) is 0. The number of nitrogens with zero attached hydrogens (tertiary/aromatic N) is 2. The molecule has 1 aliphatic heterocycles. The maximum Gasteiger partial charge on any atom is 0.266 e. The maximum atomic E-state index is 11.3. The van der Waals surface area contributed by atoms with E-state index in [-0.39, 0.29) is 5.56 Å². The van der Waals surface area contributed by atoms with Crippen LogP contribution in [-0.4, -0.2) is 23.1 Å². The summed E-state index contributed by atoms with van der Waals surface area (Å²) < 4.78 is 0.484. The van der Waals surface area contributed by atoms with Crippen LogP contribution >= 0.6 is 15.9 Å². The molecule has 0 bridgehead atoms. The lowest BCUT2D eigenvalue weighted by atomic mass is 10.1. The molecule has 0 aliphatic carbocycles. The van der Waals surface area contributed by atoms with Crippen molar-refractivity contribution in [3.05, 3.63) is 21.0 Å². The van der Waals surface area contributed by atoms with Gasteiger partial charge in [0.05, 0.1) is 6.20 Å². The first-order chi connectivity index (χ1) is 6.77. The number of aromatic nitrogens is 2. The van der Waals surface area contributed by atoms with Gasteiger partial charge in [0.15, 0.2) is 0 Å². The van der Waals surface area contributed by atoms with Crippen LogP contribution in [0.15, 0.2) is 15.5 Å². The fraction of sp³-hybridized carbons (Fsp3) is 0.556. The highest BCUT2D eigenvalue weighted by Crippen LogP contribution is 2.14. The molecular weight excluding hydrogens is 246 g/mol. The minimum atomic E-state index is -0.111. The van der Waals surface area contributed by atoms with Crippen LogP contribution < -0.4 is 10.5 Å². The highest BCUT2D eigenvalue weighted by molar-refractivity contribution is 9.10. The lowest BCUT2D eigenvalue weighted by molar-refractivity contribution is 0.567. The molecule has 1 aromatic heterocycles. The third-order valence-corrected chi connectivity index (χ3v) is 2.96. The highest BCUT2D eigenvalue weighted by atomic mass is 79.9. The van der Waals surface area contributed by atoms with Crippen molar-refractivity contribution in [2.45, 2.75) is 19.3 Å². The normalized spacial score (nSPS) is 17.1. The molecule has 14 heavy (non-hydrogen) atoms. The smallest absolute Gasteiger partial charge is 0.266 e. The molecular formula is C9H12BrN3O. The Hall–Kier alpha value is -0.840. The zero-order valence-corrected chi connectivity index (χ0v) is 9.38. The molecule has 5 heteroatoms. The second-order valence-corrected chi connectivity index (χ2v) is 4.29. The summed E-state index contributed by atoms with van der Waals surface area (Å²) in [6.45, 7) is 1.98. The fourth-order valence-electron chi connectivity index (χ4n) is 1.64. The molecule has 0 radical (unpaired) electrons. The molecule has 0 unspecified atom stereocenters. The number of hydrogen-bond donors (Lipinski definition) is 1. The maximum absolute atomic E-state index is 11.3. The predicted molar refractivity (Wildman–Crippen MR) is 58.6 cm³/mol. The van der Waals surface area contributed by atoms with Crippen molar-refractivity contribution in [3.63, 3.8) is 0 Å². The van der Waals surface area contributed by atoms with Gasteiger partial charge >= 0.3 is 0 Å². The minimum Gasteiger partial charge on any atom is -0.342 e. The van der Waals surface area contributed by atoms with Gasteiger partial charge < -0.3 is 4.90 Å². The lowest BCUT2D eigenvalue weighted by Gasteiger charge is -2.26. The van der Waals surface area contributed by atoms with Gasteiger partial charge in [-0.25, -0.2) is 4.98 Å². The Morgan fingerprint density at radius 1 is 1.36 bits per heavy atom. The van der Waals surface area contributed by atoms with E-state index in [1.807, 2.05) is 0 Å². The molecule has 1 fully saturated rings. The van der Waals surface area contributed by atoms with Gasteiger partial charge in [0.2, 0.25) is 5.95 Å². The number of halogens is 1. The van der Waals surface area contributed by atoms with E-state index >= 15 is 0 Å². The van der Waals surface area contributed by atoms with E-state index in [2.05, 4.69) is 30.8 Å². The molecule has 4 nitrogen and oxygen atoms in total. The number of piperidine rings is 1. The van der Waals surface area contributed by atoms with Crippen LogP contribution in [0.4, 0.5) is 5.95 Å². The van der Waals surface area contributed by atoms with E-state index < -0.39 is 0 Å². The van der Waals surface area contributed by atoms with Crippen molar-refractivity contribution in [1.82, 2.24) is 9.97 Å². The molecule has 1 N–H and O–H groups in total. The number of H-pyrrole nitrogens is 1. The van der Waals surface area contributed by atoms with Gasteiger partial charge in [0.25, 0.3) is 5.56 Å². The molecule has 1 aromatic rings. The molecule has 0 amide bonds. The molecule has 0 aromatic carbocycles. The van der Waals surface area contributed by atoms with Crippen molar-refractivity contribution < 1.29 is 0 Å². The fourth-order valence-corrected chi connectivity index (χ4v) is 1.84. The SMILES string of the molecule is O=c1[nH]c(N2CCCCC2)ncc1Br.